The number of hydrogen-bond acceptors (Lipinski definition) is 6. The molecule has 1 saturated heterocycles. The van der Waals surface area contributed by atoms with Crippen LogP contribution in [-0.4, -0.2) is 42.9 Å². The number of nitrogens with zero attached hydrogens (tertiary/aromatic N) is 1. The Labute approximate surface area is 178 Å². The van der Waals surface area contributed by atoms with E-state index in [-0.39, 0.29) is 22.9 Å². The molecule has 1 aliphatic heterocycles. The van der Waals surface area contributed by atoms with E-state index in [0.29, 0.717) is 12.8 Å². The normalized spacial score (nSPS) is 25.9. The Morgan fingerprint density at radius 3 is 2.48 bits per heavy atom. The molecule has 7 nitrogen and oxygen atoms in total. The standard InChI is InChI=1S/C21H23F2N3O4S/c22-14-3-1-10-24-18(14)20(8-9-20)26-31(28,29)13-4-5-16(15(23)11-13)25-17-12-30-21(19(17)27)6-2-7-21/h1,3-5,10-11,17,19,25-27H,2,6-9,12H2/t17-,19+/m0/s1. The van der Waals surface area contributed by atoms with Gasteiger partial charge in [-0.2, -0.15) is 4.72 Å². The van der Waals surface area contributed by atoms with Gasteiger partial charge in [-0.15, -0.1) is 0 Å². The van der Waals surface area contributed by atoms with Gasteiger partial charge in [0.25, 0.3) is 0 Å². The van der Waals surface area contributed by atoms with Crippen molar-refractivity contribution >= 4 is 15.7 Å². The number of halogens is 2. The lowest BCUT2D eigenvalue weighted by atomic mass is 9.75. The monoisotopic (exact) mass is 451 g/mol. The first kappa shape index (κ1) is 20.7. The minimum atomic E-state index is -4.11. The van der Waals surface area contributed by atoms with Gasteiger partial charge in [0.15, 0.2) is 0 Å². The minimum absolute atomic E-state index is 0.0393. The number of aliphatic hydroxyl groups excluding tert-OH is 1. The maximum atomic E-state index is 14.7. The van der Waals surface area contributed by atoms with E-state index in [9.17, 15) is 22.3 Å². The molecule has 3 aliphatic rings. The van der Waals surface area contributed by atoms with Crippen molar-refractivity contribution in [1.29, 1.82) is 0 Å². The Hall–Kier alpha value is -2.14. The van der Waals surface area contributed by atoms with Crippen LogP contribution < -0.4 is 10.0 Å². The summed E-state index contributed by atoms with van der Waals surface area (Å²) < 4.78 is 62.8. The Bertz CT molecular complexity index is 1120. The number of ether oxygens (including phenoxy) is 1. The van der Waals surface area contributed by atoms with Gasteiger partial charge in [-0.25, -0.2) is 17.2 Å². The fourth-order valence-electron chi connectivity index (χ4n) is 4.43. The van der Waals surface area contributed by atoms with Gasteiger partial charge >= 0.3 is 0 Å². The quantitative estimate of drug-likeness (QED) is 0.624. The molecule has 3 N–H and O–H groups in total. The predicted molar refractivity (Wildman–Crippen MR) is 108 cm³/mol. The van der Waals surface area contributed by atoms with Crippen LogP contribution >= 0.6 is 0 Å². The molecule has 1 aromatic carbocycles. The fourth-order valence-corrected chi connectivity index (χ4v) is 5.87. The van der Waals surface area contributed by atoms with Gasteiger partial charge in [-0.3, -0.25) is 4.98 Å². The molecule has 166 valence electrons. The van der Waals surface area contributed by atoms with Crippen molar-refractivity contribution in [1.82, 2.24) is 9.71 Å². The van der Waals surface area contributed by atoms with E-state index in [4.69, 9.17) is 4.74 Å². The topological polar surface area (TPSA) is 101 Å². The zero-order valence-corrected chi connectivity index (χ0v) is 17.5. The summed E-state index contributed by atoms with van der Waals surface area (Å²) in [5.74, 6) is -1.35. The second kappa shape index (κ2) is 7.19. The van der Waals surface area contributed by atoms with Gasteiger partial charge in [0.05, 0.1) is 40.1 Å². The Kier molecular flexibility index (Phi) is 4.81. The van der Waals surface area contributed by atoms with Crippen LogP contribution in [0.5, 0.6) is 0 Å². The van der Waals surface area contributed by atoms with Gasteiger partial charge in [0.1, 0.15) is 17.7 Å². The lowest BCUT2D eigenvalue weighted by Crippen LogP contribution is -2.50. The summed E-state index contributed by atoms with van der Waals surface area (Å²) in [6, 6.07) is 5.70. The highest BCUT2D eigenvalue weighted by Crippen LogP contribution is 2.47. The van der Waals surface area contributed by atoms with Crippen LogP contribution in [0.2, 0.25) is 0 Å². The fraction of sp³-hybridized carbons (Fsp3) is 0.476. The molecule has 0 radical (unpaired) electrons. The second-order valence-electron chi connectivity index (χ2n) is 8.59. The van der Waals surface area contributed by atoms with E-state index in [0.717, 1.165) is 25.3 Å². The summed E-state index contributed by atoms with van der Waals surface area (Å²) in [4.78, 5) is 3.72. The minimum Gasteiger partial charge on any atom is -0.388 e. The molecule has 2 aromatic rings. The van der Waals surface area contributed by atoms with Gasteiger partial charge < -0.3 is 15.2 Å². The van der Waals surface area contributed by atoms with Crippen LogP contribution in [0.25, 0.3) is 0 Å². The summed E-state index contributed by atoms with van der Waals surface area (Å²) in [5, 5.41) is 13.4. The highest BCUT2D eigenvalue weighted by atomic mass is 32.2. The average Bonchev–Trinajstić information content (AvgIpc) is 3.38. The molecule has 1 spiro atoms. The molecule has 2 heterocycles. The molecule has 2 saturated carbocycles. The van der Waals surface area contributed by atoms with E-state index >= 15 is 0 Å². The number of pyridine rings is 1. The van der Waals surface area contributed by atoms with E-state index in [1.165, 1.54) is 30.5 Å². The van der Waals surface area contributed by atoms with Crippen molar-refractivity contribution in [3.05, 3.63) is 53.9 Å². The van der Waals surface area contributed by atoms with Crippen LogP contribution in [0.3, 0.4) is 0 Å². The molecule has 1 aromatic heterocycles. The zero-order chi connectivity index (χ0) is 21.9. The van der Waals surface area contributed by atoms with Crippen LogP contribution in [-0.2, 0) is 20.3 Å². The number of hydrogen-bond donors (Lipinski definition) is 3. The zero-order valence-electron chi connectivity index (χ0n) is 16.6. The van der Waals surface area contributed by atoms with E-state index in [2.05, 4.69) is 15.0 Å². The third kappa shape index (κ3) is 3.51. The highest BCUT2D eigenvalue weighted by molar-refractivity contribution is 7.89. The maximum Gasteiger partial charge on any atom is 0.241 e. The largest absolute Gasteiger partial charge is 0.388 e. The molecule has 5 rings (SSSR count). The van der Waals surface area contributed by atoms with Gasteiger partial charge in [0, 0.05) is 6.20 Å². The van der Waals surface area contributed by atoms with Crippen molar-refractivity contribution in [3.63, 3.8) is 0 Å². The van der Waals surface area contributed by atoms with Crippen molar-refractivity contribution in [2.75, 3.05) is 11.9 Å². The second-order valence-corrected chi connectivity index (χ2v) is 10.3. The summed E-state index contributed by atoms with van der Waals surface area (Å²) in [6.07, 6.45) is 4.00. The number of nitrogens with one attached hydrogen (secondary N) is 2. The SMILES string of the molecule is O=S(=O)(NC1(c2ncccc2F)CC1)c1ccc(N[C@H]2COC3(CCC3)[C@@H]2O)c(F)c1. The van der Waals surface area contributed by atoms with Crippen molar-refractivity contribution in [3.8, 4) is 0 Å². The number of rotatable bonds is 6. The molecular weight excluding hydrogens is 428 g/mol. The van der Waals surface area contributed by atoms with Crippen LogP contribution in [0.15, 0.2) is 41.4 Å². The summed E-state index contributed by atoms with van der Waals surface area (Å²) in [5.41, 5.74) is -1.53. The first-order valence-electron chi connectivity index (χ1n) is 10.3. The Morgan fingerprint density at radius 1 is 1.13 bits per heavy atom. The van der Waals surface area contributed by atoms with Crippen molar-refractivity contribution in [2.45, 2.75) is 60.3 Å². The summed E-state index contributed by atoms with van der Waals surface area (Å²) in [6.45, 7) is 0.250. The van der Waals surface area contributed by atoms with Crippen LogP contribution in [0, 0.1) is 11.6 Å². The first-order chi connectivity index (χ1) is 14.7. The maximum absolute atomic E-state index is 14.7. The third-order valence-electron chi connectivity index (χ3n) is 6.55. The van der Waals surface area contributed by atoms with E-state index in [1.54, 1.807) is 0 Å². The number of aliphatic hydroxyl groups is 1. The van der Waals surface area contributed by atoms with E-state index < -0.39 is 44.9 Å². The number of benzene rings is 1. The van der Waals surface area contributed by atoms with E-state index in [1.807, 2.05) is 0 Å². The molecule has 10 heteroatoms. The van der Waals surface area contributed by atoms with Gasteiger partial charge in [-0.05, 0) is 62.4 Å². The van der Waals surface area contributed by atoms with Crippen molar-refractivity contribution < 1.29 is 27.0 Å². The average molecular weight is 451 g/mol. The lowest BCUT2D eigenvalue weighted by Gasteiger charge is -2.40. The molecule has 2 atom stereocenters. The van der Waals surface area contributed by atoms with Gasteiger partial charge in [0.2, 0.25) is 10.0 Å². The Morgan fingerprint density at radius 2 is 1.90 bits per heavy atom. The first-order valence-corrected chi connectivity index (χ1v) is 11.8. The van der Waals surface area contributed by atoms with Crippen LogP contribution in [0.4, 0.5) is 14.5 Å². The highest BCUT2D eigenvalue weighted by Gasteiger charge is 2.53. The molecule has 0 amide bonds. The summed E-state index contributed by atoms with van der Waals surface area (Å²) in [7, 11) is -4.11. The molecule has 31 heavy (non-hydrogen) atoms. The molecule has 0 unspecified atom stereocenters. The predicted octanol–water partition coefficient (Wildman–Crippen LogP) is 2.42. The third-order valence-corrected chi connectivity index (χ3v) is 8.09. The number of anilines is 1. The number of aromatic nitrogens is 1. The molecular formula is C21H23F2N3O4S. The summed E-state index contributed by atoms with van der Waals surface area (Å²) >= 11 is 0. The molecule has 3 fully saturated rings. The molecule has 0 bridgehead atoms. The number of sulfonamides is 1. The molecule has 2 aliphatic carbocycles. The Balaban J connectivity index is 1.33. The van der Waals surface area contributed by atoms with Gasteiger partial charge in [-0.1, -0.05) is 0 Å². The smallest absolute Gasteiger partial charge is 0.241 e. The lowest BCUT2D eigenvalue weighted by molar-refractivity contribution is -0.110. The van der Waals surface area contributed by atoms with Crippen molar-refractivity contribution in [2.24, 2.45) is 0 Å². The van der Waals surface area contributed by atoms with Crippen LogP contribution in [0.1, 0.15) is 37.8 Å².